The Morgan fingerprint density at radius 1 is 1.43 bits per heavy atom. The van der Waals surface area contributed by atoms with Gasteiger partial charge in [-0.25, -0.2) is 0 Å². The zero-order valence-electron chi connectivity index (χ0n) is 12.8. The van der Waals surface area contributed by atoms with E-state index in [9.17, 15) is 4.79 Å². The molecule has 120 valence electrons. The van der Waals surface area contributed by atoms with Gasteiger partial charge in [0.05, 0.1) is 12.6 Å². The standard InChI is InChI=1S/C16H19N5O2/c17-10-12-4-3-9-21(12)15(22)11-18-7-8-19-16-20-13-5-1-2-6-14(13)23-16/h1-2,5-6,12,18H,3-4,7-9,11H2,(H,19,20)/t12-/m0/s1. The van der Waals surface area contributed by atoms with Crippen LogP contribution in [0.15, 0.2) is 28.7 Å². The van der Waals surface area contributed by atoms with Crippen LogP contribution in [0.2, 0.25) is 0 Å². The summed E-state index contributed by atoms with van der Waals surface area (Å²) >= 11 is 0. The van der Waals surface area contributed by atoms with Crippen molar-refractivity contribution in [1.82, 2.24) is 15.2 Å². The molecular formula is C16H19N5O2. The highest BCUT2D eigenvalue weighted by atomic mass is 16.4. The summed E-state index contributed by atoms with van der Waals surface area (Å²) in [5, 5.41) is 15.1. The molecule has 23 heavy (non-hydrogen) atoms. The van der Waals surface area contributed by atoms with Crippen LogP contribution in [0, 0.1) is 11.3 Å². The average Bonchev–Trinajstić information content (AvgIpc) is 3.20. The Hall–Kier alpha value is -2.59. The molecule has 2 aromatic rings. The average molecular weight is 313 g/mol. The first-order chi connectivity index (χ1) is 11.3. The monoisotopic (exact) mass is 313 g/mol. The molecule has 1 aliphatic rings. The summed E-state index contributed by atoms with van der Waals surface area (Å²) < 4.78 is 5.54. The Morgan fingerprint density at radius 3 is 3.13 bits per heavy atom. The van der Waals surface area contributed by atoms with Crippen LogP contribution in [-0.4, -0.2) is 48.0 Å². The van der Waals surface area contributed by atoms with E-state index in [0.29, 0.717) is 25.6 Å². The molecule has 0 saturated carbocycles. The van der Waals surface area contributed by atoms with E-state index in [1.165, 1.54) is 0 Å². The number of aromatic nitrogens is 1. The number of nitrogens with one attached hydrogen (secondary N) is 2. The van der Waals surface area contributed by atoms with Crippen molar-refractivity contribution >= 4 is 23.0 Å². The van der Waals surface area contributed by atoms with Gasteiger partial charge in [0.15, 0.2) is 5.58 Å². The zero-order valence-corrected chi connectivity index (χ0v) is 12.8. The number of oxazole rings is 1. The van der Waals surface area contributed by atoms with Gasteiger partial charge in [-0.3, -0.25) is 4.79 Å². The van der Waals surface area contributed by atoms with Gasteiger partial charge in [0.25, 0.3) is 6.01 Å². The van der Waals surface area contributed by atoms with E-state index in [-0.39, 0.29) is 18.5 Å². The number of nitriles is 1. The van der Waals surface area contributed by atoms with Crippen molar-refractivity contribution in [2.45, 2.75) is 18.9 Å². The SMILES string of the molecule is N#C[C@@H]1CCCN1C(=O)CNCCNc1nc2ccccc2o1. The van der Waals surface area contributed by atoms with Crippen LogP contribution in [0.4, 0.5) is 6.01 Å². The van der Waals surface area contributed by atoms with Gasteiger partial charge in [-0.05, 0) is 25.0 Å². The van der Waals surface area contributed by atoms with Gasteiger partial charge < -0.3 is 20.0 Å². The minimum atomic E-state index is -0.262. The van der Waals surface area contributed by atoms with Crippen molar-refractivity contribution in [1.29, 1.82) is 5.26 Å². The van der Waals surface area contributed by atoms with Crippen LogP contribution >= 0.6 is 0 Å². The van der Waals surface area contributed by atoms with Gasteiger partial charge in [-0.2, -0.15) is 10.2 Å². The lowest BCUT2D eigenvalue weighted by Crippen LogP contribution is -2.41. The van der Waals surface area contributed by atoms with Crippen LogP contribution in [0.5, 0.6) is 0 Å². The summed E-state index contributed by atoms with van der Waals surface area (Å²) in [6, 6.07) is 9.96. The quantitative estimate of drug-likeness (QED) is 0.782. The number of carbonyl (C=O) groups excluding carboxylic acids is 1. The molecule has 2 N–H and O–H groups in total. The summed E-state index contributed by atoms with van der Waals surface area (Å²) in [5.74, 6) is -0.0177. The number of para-hydroxylation sites is 2. The van der Waals surface area contributed by atoms with E-state index < -0.39 is 0 Å². The van der Waals surface area contributed by atoms with Crippen LogP contribution in [0.1, 0.15) is 12.8 Å². The first-order valence-corrected chi connectivity index (χ1v) is 7.77. The molecule has 1 saturated heterocycles. The molecule has 0 unspecified atom stereocenters. The molecule has 1 aromatic carbocycles. The second-order valence-electron chi connectivity index (χ2n) is 5.46. The highest BCUT2D eigenvalue weighted by molar-refractivity contribution is 5.79. The molecule has 0 radical (unpaired) electrons. The largest absolute Gasteiger partial charge is 0.424 e. The topological polar surface area (TPSA) is 94.2 Å². The van der Waals surface area contributed by atoms with Gasteiger partial charge >= 0.3 is 0 Å². The first kappa shape index (κ1) is 15.3. The molecule has 7 heteroatoms. The summed E-state index contributed by atoms with van der Waals surface area (Å²) in [6.07, 6.45) is 1.69. The highest BCUT2D eigenvalue weighted by Crippen LogP contribution is 2.17. The Morgan fingerprint density at radius 2 is 2.30 bits per heavy atom. The fraction of sp³-hybridized carbons (Fsp3) is 0.438. The minimum absolute atomic E-state index is 0.0177. The molecule has 3 rings (SSSR count). The van der Waals surface area contributed by atoms with Crippen molar-refractivity contribution in [3.63, 3.8) is 0 Å². The second-order valence-corrected chi connectivity index (χ2v) is 5.46. The number of fused-ring (bicyclic) bond motifs is 1. The number of carbonyl (C=O) groups is 1. The van der Waals surface area contributed by atoms with Gasteiger partial charge in [-0.1, -0.05) is 12.1 Å². The maximum atomic E-state index is 12.0. The van der Waals surface area contributed by atoms with Gasteiger partial charge in [0, 0.05) is 19.6 Å². The highest BCUT2D eigenvalue weighted by Gasteiger charge is 2.27. The van der Waals surface area contributed by atoms with Gasteiger partial charge in [-0.15, -0.1) is 0 Å². The van der Waals surface area contributed by atoms with Crippen molar-refractivity contribution in [3.8, 4) is 6.07 Å². The number of rotatable bonds is 6. The first-order valence-electron chi connectivity index (χ1n) is 7.77. The molecule has 1 atom stereocenters. The molecule has 1 aromatic heterocycles. The third-order valence-electron chi connectivity index (χ3n) is 3.87. The maximum Gasteiger partial charge on any atom is 0.295 e. The zero-order chi connectivity index (χ0) is 16.1. The molecule has 2 heterocycles. The summed E-state index contributed by atoms with van der Waals surface area (Å²) in [5.41, 5.74) is 1.56. The fourth-order valence-electron chi connectivity index (χ4n) is 2.70. The number of hydrogen-bond donors (Lipinski definition) is 2. The Balaban J connectivity index is 1.38. The van der Waals surface area contributed by atoms with E-state index in [4.69, 9.17) is 9.68 Å². The number of likely N-dealkylation sites (tertiary alicyclic amines) is 1. The lowest BCUT2D eigenvalue weighted by atomic mass is 10.2. The van der Waals surface area contributed by atoms with Crippen LogP contribution in [-0.2, 0) is 4.79 Å². The molecule has 0 aliphatic carbocycles. The molecule has 1 aliphatic heterocycles. The van der Waals surface area contributed by atoms with Gasteiger partial charge in [0.2, 0.25) is 5.91 Å². The Kier molecular flexibility index (Phi) is 4.74. The lowest BCUT2D eigenvalue weighted by molar-refractivity contribution is -0.130. The van der Waals surface area contributed by atoms with Crippen LogP contribution in [0.3, 0.4) is 0 Å². The van der Waals surface area contributed by atoms with Crippen LogP contribution in [0.25, 0.3) is 11.1 Å². The summed E-state index contributed by atoms with van der Waals surface area (Å²) in [6.45, 7) is 2.13. The second kappa shape index (κ2) is 7.11. The summed E-state index contributed by atoms with van der Waals surface area (Å²) in [4.78, 5) is 18.0. The third kappa shape index (κ3) is 3.60. The van der Waals surface area contributed by atoms with Crippen LogP contribution < -0.4 is 10.6 Å². The minimum Gasteiger partial charge on any atom is -0.424 e. The third-order valence-corrected chi connectivity index (χ3v) is 3.87. The number of benzene rings is 1. The normalized spacial score (nSPS) is 17.3. The van der Waals surface area contributed by atoms with Crippen molar-refractivity contribution in [2.24, 2.45) is 0 Å². The molecule has 7 nitrogen and oxygen atoms in total. The summed E-state index contributed by atoms with van der Waals surface area (Å²) in [7, 11) is 0. The smallest absolute Gasteiger partial charge is 0.295 e. The van der Waals surface area contributed by atoms with Gasteiger partial charge in [0.1, 0.15) is 11.6 Å². The predicted molar refractivity (Wildman–Crippen MR) is 85.7 cm³/mol. The number of hydrogen-bond acceptors (Lipinski definition) is 6. The van der Waals surface area contributed by atoms with E-state index in [2.05, 4.69) is 21.7 Å². The molecular weight excluding hydrogens is 294 g/mol. The van der Waals surface area contributed by atoms with Crippen molar-refractivity contribution in [3.05, 3.63) is 24.3 Å². The van der Waals surface area contributed by atoms with E-state index >= 15 is 0 Å². The Labute approximate surface area is 134 Å². The number of nitrogens with zero attached hydrogens (tertiary/aromatic N) is 3. The molecule has 1 fully saturated rings. The van der Waals surface area contributed by atoms with E-state index in [0.717, 1.165) is 23.9 Å². The molecule has 0 bridgehead atoms. The van der Waals surface area contributed by atoms with E-state index in [1.54, 1.807) is 4.90 Å². The maximum absolute atomic E-state index is 12.0. The molecule has 1 amide bonds. The lowest BCUT2D eigenvalue weighted by Gasteiger charge is -2.19. The van der Waals surface area contributed by atoms with E-state index in [1.807, 2.05) is 24.3 Å². The van der Waals surface area contributed by atoms with Crippen molar-refractivity contribution < 1.29 is 9.21 Å². The number of amides is 1. The number of anilines is 1. The fourth-order valence-corrected chi connectivity index (χ4v) is 2.70. The molecule has 0 spiro atoms. The predicted octanol–water partition coefficient (Wildman–Crippen LogP) is 1.34. The Bertz CT molecular complexity index is 688. The van der Waals surface area contributed by atoms with Crippen molar-refractivity contribution in [2.75, 3.05) is 31.5 Å².